The Bertz CT molecular complexity index is 1570. The summed E-state index contributed by atoms with van der Waals surface area (Å²) in [5, 5.41) is 10.2. The number of imidazole rings is 2. The number of benzene rings is 3. The van der Waals surface area contributed by atoms with Gasteiger partial charge in [0.25, 0.3) is 0 Å². The largest absolute Gasteiger partial charge is 0.506 e. The lowest BCUT2D eigenvalue weighted by Gasteiger charge is -2.11. The predicted molar refractivity (Wildman–Crippen MR) is 157 cm³/mol. The molecule has 0 fully saturated rings. The zero-order valence-electron chi connectivity index (χ0n) is 19.6. The first-order valence-electron chi connectivity index (χ1n) is 11.6. The van der Waals surface area contributed by atoms with E-state index in [0.717, 1.165) is 53.6 Å². The van der Waals surface area contributed by atoms with E-state index in [-0.39, 0.29) is 11.4 Å². The van der Waals surface area contributed by atoms with E-state index in [1.54, 1.807) is 0 Å². The van der Waals surface area contributed by atoms with Crippen molar-refractivity contribution in [2.75, 3.05) is 0 Å². The van der Waals surface area contributed by atoms with Crippen LogP contribution in [0.5, 0.6) is 5.75 Å². The van der Waals surface area contributed by atoms with E-state index in [2.05, 4.69) is 69.7 Å². The van der Waals surface area contributed by atoms with Crippen molar-refractivity contribution in [3.05, 3.63) is 89.7 Å². The summed E-state index contributed by atoms with van der Waals surface area (Å²) in [7, 11) is 0. The van der Waals surface area contributed by atoms with Gasteiger partial charge in [-0.25, -0.2) is 9.78 Å². The van der Waals surface area contributed by atoms with Crippen LogP contribution in [0.1, 0.15) is 31.7 Å². The van der Waals surface area contributed by atoms with Crippen molar-refractivity contribution in [3.8, 4) is 5.75 Å². The highest BCUT2D eigenvalue weighted by molar-refractivity contribution is 14.1. The molecule has 0 aliphatic rings. The fourth-order valence-corrected chi connectivity index (χ4v) is 6.39. The molecule has 0 saturated heterocycles. The number of rotatable bonds is 7. The number of hydrogen-bond acceptors (Lipinski definition) is 3. The van der Waals surface area contributed by atoms with Gasteiger partial charge in [0.05, 0.1) is 42.3 Å². The molecule has 0 unspecified atom stereocenters. The standard InChI is InChI=1S/C27H26I2N4O2/c1-17(2)11-12-31-22-8-4-3-7-21(22)30-25(31)16-33-24-10-6-5-9-23(24)32(27(33)35)15-18-13-19(28)26(34)20(29)14-18/h3-10,13-14,17,34H,11-12,15-16H2,1-2H3. The van der Waals surface area contributed by atoms with E-state index in [1.165, 1.54) is 0 Å². The highest BCUT2D eigenvalue weighted by Crippen LogP contribution is 2.28. The Labute approximate surface area is 230 Å². The lowest BCUT2D eigenvalue weighted by molar-refractivity contribution is 0.467. The Hall–Kier alpha value is -2.34. The molecule has 0 amide bonds. The van der Waals surface area contributed by atoms with Gasteiger partial charge in [-0.2, -0.15) is 0 Å². The minimum absolute atomic E-state index is 0.0632. The van der Waals surface area contributed by atoms with E-state index in [4.69, 9.17) is 4.98 Å². The van der Waals surface area contributed by atoms with Crippen LogP contribution in [0.15, 0.2) is 65.5 Å². The highest BCUT2D eigenvalue weighted by Gasteiger charge is 2.18. The molecule has 0 radical (unpaired) electrons. The Balaban J connectivity index is 1.60. The number of phenolic OH excluding ortho intramolecular Hbond substituents is 1. The third-order valence-electron chi connectivity index (χ3n) is 6.31. The first-order valence-corrected chi connectivity index (χ1v) is 13.8. The smallest absolute Gasteiger partial charge is 0.329 e. The summed E-state index contributed by atoms with van der Waals surface area (Å²) in [5.74, 6) is 1.75. The highest BCUT2D eigenvalue weighted by atomic mass is 127. The van der Waals surface area contributed by atoms with E-state index in [9.17, 15) is 9.90 Å². The molecule has 2 aromatic heterocycles. The maximum Gasteiger partial charge on any atom is 0.329 e. The molecule has 0 aliphatic heterocycles. The van der Waals surface area contributed by atoms with Gasteiger partial charge < -0.3 is 9.67 Å². The van der Waals surface area contributed by atoms with Crippen LogP contribution >= 0.6 is 45.2 Å². The van der Waals surface area contributed by atoms with Crippen molar-refractivity contribution in [2.45, 2.75) is 39.9 Å². The molecule has 180 valence electrons. The van der Waals surface area contributed by atoms with Crippen LogP contribution < -0.4 is 5.69 Å². The van der Waals surface area contributed by atoms with Gasteiger partial charge >= 0.3 is 5.69 Å². The van der Waals surface area contributed by atoms with Gasteiger partial charge in [0.2, 0.25) is 0 Å². The molecule has 35 heavy (non-hydrogen) atoms. The molecule has 6 nitrogen and oxygen atoms in total. The third-order valence-corrected chi connectivity index (χ3v) is 7.95. The molecule has 1 N–H and O–H groups in total. The van der Waals surface area contributed by atoms with Gasteiger partial charge in [0, 0.05) is 6.54 Å². The molecule has 8 heteroatoms. The number of phenols is 1. The number of aryl methyl sites for hydroxylation is 1. The van der Waals surface area contributed by atoms with Crippen molar-refractivity contribution < 1.29 is 5.11 Å². The minimum atomic E-state index is -0.0632. The summed E-state index contributed by atoms with van der Waals surface area (Å²) in [6.45, 7) is 6.16. The monoisotopic (exact) mass is 692 g/mol. The van der Waals surface area contributed by atoms with Crippen LogP contribution in [0, 0.1) is 13.1 Å². The normalized spacial score (nSPS) is 11.8. The molecule has 5 rings (SSSR count). The number of aromatic hydroxyl groups is 1. The van der Waals surface area contributed by atoms with Crippen LogP contribution in [-0.2, 0) is 19.6 Å². The Morgan fingerprint density at radius 2 is 1.43 bits per heavy atom. The van der Waals surface area contributed by atoms with Crippen LogP contribution in [0.2, 0.25) is 0 Å². The average Bonchev–Trinajstić information content (AvgIpc) is 3.31. The molecule has 0 atom stereocenters. The first kappa shape index (κ1) is 24.4. The number of fused-ring (bicyclic) bond motifs is 2. The number of halogens is 2. The van der Waals surface area contributed by atoms with Crippen molar-refractivity contribution in [1.82, 2.24) is 18.7 Å². The quantitative estimate of drug-likeness (QED) is 0.207. The average molecular weight is 692 g/mol. The summed E-state index contributed by atoms with van der Waals surface area (Å²) in [6, 6.07) is 20.0. The molecule has 5 aromatic rings. The molecule has 3 aromatic carbocycles. The number of hydrogen-bond donors (Lipinski definition) is 1. The van der Waals surface area contributed by atoms with E-state index in [1.807, 2.05) is 63.7 Å². The minimum Gasteiger partial charge on any atom is -0.506 e. The van der Waals surface area contributed by atoms with Gasteiger partial charge in [-0.15, -0.1) is 0 Å². The number of aromatic nitrogens is 4. The van der Waals surface area contributed by atoms with Crippen molar-refractivity contribution in [1.29, 1.82) is 0 Å². The van der Waals surface area contributed by atoms with Gasteiger partial charge in [-0.1, -0.05) is 38.1 Å². The van der Waals surface area contributed by atoms with Gasteiger partial charge in [0.1, 0.15) is 11.6 Å². The summed E-state index contributed by atoms with van der Waals surface area (Å²) in [6.07, 6.45) is 1.04. The Morgan fingerprint density at radius 1 is 0.857 bits per heavy atom. The van der Waals surface area contributed by atoms with Gasteiger partial charge in [0.15, 0.2) is 0 Å². The maximum absolute atomic E-state index is 13.8. The van der Waals surface area contributed by atoms with Crippen LogP contribution in [-0.4, -0.2) is 23.8 Å². The van der Waals surface area contributed by atoms with Gasteiger partial charge in [-0.05, 0) is 99.5 Å². The second kappa shape index (κ2) is 9.96. The number of para-hydroxylation sites is 4. The van der Waals surface area contributed by atoms with E-state index in [0.29, 0.717) is 19.0 Å². The third kappa shape index (κ3) is 4.74. The van der Waals surface area contributed by atoms with Crippen molar-refractivity contribution in [2.24, 2.45) is 5.92 Å². The molecular weight excluding hydrogens is 666 g/mol. The molecule has 0 spiro atoms. The molecule has 0 bridgehead atoms. The predicted octanol–water partition coefficient (Wildman–Crippen LogP) is 6.21. The lowest BCUT2D eigenvalue weighted by Crippen LogP contribution is -2.26. The second-order valence-electron chi connectivity index (χ2n) is 9.20. The molecule has 0 aliphatic carbocycles. The zero-order chi connectivity index (χ0) is 24.7. The Morgan fingerprint density at radius 3 is 2.06 bits per heavy atom. The number of nitrogens with zero attached hydrogens (tertiary/aromatic N) is 4. The SMILES string of the molecule is CC(C)CCn1c(Cn2c(=O)n(Cc3cc(I)c(O)c(I)c3)c3ccccc32)nc2ccccc21. The summed E-state index contributed by atoms with van der Waals surface area (Å²) in [5.41, 5.74) is 4.76. The van der Waals surface area contributed by atoms with E-state index < -0.39 is 0 Å². The van der Waals surface area contributed by atoms with Crippen LogP contribution in [0.4, 0.5) is 0 Å². The molecule has 2 heterocycles. The fourth-order valence-electron chi connectivity index (χ4n) is 4.49. The van der Waals surface area contributed by atoms with E-state index >= 15 is 0 Å². The zero-order valence-corrected chi connectivity index (χ0v) is 23.9. The topological polar surface area (TPSA) is 65.0 Å². The van der Waals surface area contributed by atoms with Crippen molar-refractivity contribution >= 4 is 67.2 Å². The fraction of sp³-hybridized carbons (Fsp3) is 0.259. The molecular formula is C27H26I2N4O2. The molecule has 0 saturated carbocycles. The second-order valence-corrected chi connectivity index (χ2v) is 11.5. The first-order chi connectivity index (χ1) is 16.8. The van der Waals surface area contributed by atoms with Crippen molar-refractivity contribution in [3.63, 3.8) is 0 Å². The van der Waals surface area contributed by atoms with Crippen LogP contribution in [0.25, 0.3) is 22.1 Å². The Kier molecular flexibility index (Phi) is 6.93. The van der Waals surface area contributed by atoms with Gasteiger partial charge in [-0.3, -0.25) is 9.13 Å². The van der Waals surface area contributed by atoms with Crippen LogP contribution in [0.3, 0.4) is 0 Å². The summed E-state index contributed by atoms with van der Waals surface area (Å²) >= 11 is 4.26. The summed E-state index contributed by atoms with van der Waals surface area (Å²) in [4.78, 5) is 18.7. The lowest BCUT2D eigenvalue weighted by atomic mass is 10.1. The summed E-state index contributed by atoms with van der Waals surface area (Å²) < 4.78 is 7.46. The maximum atomic E-state index is 13.8.